The van der Waals surface area contributed by atoms with Gasteiger partial charge in [-0.15, -0.1) is 0 Å². The minimum absolute atomic E-state index is 0.568. The van der Waals surface area contributed by atoms with Crippen LogP contribution in [-0.2, 0) is 11.3 Å². The summed E-state index contributed by atoms with van der Waals surface area (Å²) in [6.07, 6.45) is 4.86. The van der Waals surface area contributed by atoms with Crippen LogP contribution in [0.3, 0.4) is 0 Å². The Hall–Kier alpha value is -1.85. The van der Waals surface area contributed by atoms with Crippen molar-refractivity contribution in [1.29, 1.82) is 0 Å². The molecule has 0 saturated carbocycles. The van der Waals surface area contributed by atoms with E-state index in [1.807, 2.05) is 38.1 Å². The van der Waals surface area contributed by atoms with E-state index in [1.165, 1.54) is 19.3 Å². The molecular weight excluding hydrogens is 328 g/mol. The lowest BCUT2D eigenvalue weighted by molar-refractivity contribution is 0.0961. The van der Waals surface area contributed by atoms with Crippen LogP contribution in [0, 0.1) is 6.92 Å². The van der Waals surface area contributed by atoms with Crippen LogP contribution < -0.4 is 4.74 Å². The zero-order chi connectivity index (χ0) is 18.4. The van der Waals surface area contributed by atoms with Crippen LogP contribution in [0.2, 0.25) is 0 Å². The highest BCUT2D eigenvalue weighted by Crippen LogP contribution is 2.31. The first-order chi connectivity index (χ1) is 12.7. The molecule has 0 N–H and O–H groups in total. The maximum absolute atomic E-state index is 6.00. The molecule has 1 saturated heterocycles. The third kappa shape index (κ3) is 4.46. The van der Waals surface area contributed by atoms with Gasteiger partial charge in [-0.05, 0) is 51.8 Å². The van der Waals surface area contributed by atoms with Gasteiger partial charge in [-0.2, -0.15) is 0 Å². The standard InChI is InChI=1S/C21H30N2O3/c1-4-25-20-11-6-5-10-18(20)21-22-19(16(2)26-21)15-23-13-8-7-9-17(23)12-14-24-3/h5-6,10-11,17H,4,7-9,12-15H2,1-3H3/t17-/m0/s1. The van der Waals surface area contributed by atoms with Crippen molar-refractivity contribution in [2.45, 2.75) is 52.1 Å². The third-order valence-electron chi connectivity index (χ3n) is 5.07. The highest BCUT2D eigenvalue weighted by atomic mass is 16.5. The predicted octanol–water partition coefficient (Wildman–Crippen LogP) is 4.44. The van der Waals surface area contributed by atoms with E-state index in [2.05, 4.69) is 4.90 Å². The number of aromatic nitrogens is 1. The smallest absolute Gasteiger partial charge is 0.230 e. The quantitative estimate of drug-likeness (QED) is 0.698. The molecule has 1 aromatic carbocycles. The van der Waals surface area contributed by atoms with Crippen LogP contribution in [0.25, 0.3) is 11.5 Å². The van der Waals surface area contributed by atoms with Crippen LogP contribution in [0.15, 0.2) is 28.7 Å². The maximum atomic E-state index is 6.00. The summed E-state index contributed by atoms with van der Waals surface area (Å²) in [4.78, 5) is 7.35. The molecule has 0 bridgehead atoms. The summed E-state index contributed by atoms with van der Waals surface area (Å²) in [5, 5.41) is 0. The number of oxazole rings is 1. The lowest BCUT2D eigenvalue weighted by Gasteiger charge is -2.35. The summed E-state index contributed by atoms with van der Waals surface area (Å²) in [6.45, 7) is 7.37. The number of methoxy groups -OCH3 is 1. The number of aryl methyl sites for hydroxylation is 1. The number of hydrogen-bond acceptors (Lipinski definition) is 5. The fraction of sp³-hybridized carbons (Fsp3) is 0.571. The lowest BCUT2D eigenvalue weighted by Crippen LogP contribution is -2.39. The Labute approximate surface area is 156 Å². The number of rotatable bonds is 8. The Balaban J connectivity index is 1.78. The number of nitrogens with zero attached hydrogens (tertiary/aromatic N) is 2. The summed E-state index contributed by atoms with van der Waals surface area (Å²) in [5.74, 6) is 2.35. The maximum Gasteiger partial charge on any atom is 0.230 e. The summed E-state index contributed by atoms with van der Waals surface area (Å²) in [5.41, 5.74) is 1.94. The van der Waals surface area contributed by atoms with E-state index in [4.69, 9.17) is 18.9 Å². The molecule has 0 aliphatic carbocycles. The monoisotopic (exact) mass is 358 g/mol. The van der Waals surface area contributed by atoms with Crippen LogP contribution >= 0.6 is 0 Å². The minimum atomic E-state index is 0.568. The Morgan fingerprint density at radius 1 is 1.27 bits per heavy atom. The molecule has 2 aromatic rings. The minimum Gasteiger partial charge on any atom is -0.493 e. The van der Waals surface area contributed by atoms with E-state index in [-0.39, 0.29) is 0 Å². The van der Waals surface area contributed by atoms with E-state index in [1.54, 1.807) is 7.11 Å². The van der Waals surface area contributed by atoms with Crippen LogP contribution in [0.5, 0.6) is 5.75 Å². The van der Waals surface area contributed by atoms with Crippen molar-refractivity contribution in [1.82, 2.24) is 9.88 Å². The molecule has 26 heavy (non-hydrogen) atoms. The van der Waals surface area contributed by atoms with Crippen molar-refractivity contribution < 1.29 is 13.9 Å². The molecule has 1 aliphatic heterocycles. The lowest BCUT2D eigenvalue weighted by atomic mass is 9.99. The highest BCUT2D eigenvalue weighted by molar-refractivity contribution is 5.63. The van der Waals surface area contributed by atoms with E-state index in [0.717, 1.165) is 48.9 Å². The Kier molecular flexibility index (Phi) is 6.69. The molecule has 0 spiro atoms. The van der Waals surface area contributed by atoms with Crippen molar-refractivity contribution in [3.63, 3.8) is 0 Å². The first-order valence-electron chi connectivity index (χ1n) is 9.64. The first-order valence-corrected chi connectivity index (χ1v) is 9.64. The van der Waals surface area contributed by atoms with Crippen molar-refractivity contribution in [2.75, 3.05) is 26.9 Å². The Bertz CT molecular complexity index is 698. The number of likely N-dealkylation sites (tertiary alicyclic amines) is 1. The average Bonchev–Trinajstić information content (AvgIpc) is 3.02. The molecule has 0 radical (unpaired) electrons. The van der Waals surface area contributed by atoms with Gasteiger partial charge in [-0.3, -0.25) is 4.90 Å². The van der Waals surface area contributed by atoms with Crippen molar-refractivity contribution >= 4 is 0 Å². The van der Waals surface area contributed by atoms with Gasteiger partial charge in [0, 0.05) is 26.3 Å². The third-order valence-corrected chi connectivity index (χ3v) is 5.07. The number of hydrogen-bond donors (Lipinski definition) is 0. The van der Waals surface area contributed by atoms with Gasteiger partial charge in [-0.25, -0.2) is 4.98 Å². The van der Waals surface area contributed by atoms with Gasteiger partial charge in [0.1, 0.15) is 11.5 Å². The molecule has 1 aromatic heterocycles. The summed E-state index contributed by atoms with van der Waals surface area (Å²) in [6, 6.07) is 8.49. The van der Waals surface area contributed by atoms with Gasteiger partial charge in [-0.1, -0.05) is 18.6 Å². The van der Waals surface area contributed by atoms with Crippen molar-refractivity contribution in [2.24, 2.45) is 0 Å². The highest BCUT2D eigenvalue weighted by Gasteiger charge is 2.24. The molecule has 1 atom stereocenters. The molecule has 1 aliphatic rings. The SMILES string of the molecule is CCOc1ccccc1-c1nc(CN2CCCC[C@H]2CCOC)c(C)o1. The van der Waals surface area contributed by atoms with Crippen LogP contribution in [-0.4, -0.2) is 42.8 Å². The summed E-state index contributed by atoms with van der Waals surface area (Å²) < 4.78 is 17.0. The van der Waals surface area contributed by atoms with E-state index >= 15 is 0 Å². The number of piperidine rings is 1. The largest absolute Gasteiger partial charge is 0.493 e. The van der Waals surface area contributed by atoms with Gasteiger partial charge in [0.05, 0.1) is 17.9 Å². The molecule has 5 heteroatoms. The van der Waals surface area contributed by atoms with Crippen LogP contribution in [0.1, 0.15) is 44.1 Å². The van der Waals surface area contributed by atoms with E-state index < -0.39 is 0 Å². The van der Waals surface area contributed by atoms with Crippen LogP contribution in [0.4, 0.5) is 0 Å². The molecule has 142 valence electrons. The van der Waals surface area contributed by atoms with Gasteiger partial charge < -0.3 is 13.9 Å². The van der Waals surface area contributed by atoms with Crippen molar-refractivity contribution in [3.05, 3.63) is 35.7 Å². The second-order valence-corrected chi connectivity index (χ2v) is 6.85. The van der Waals surface area contributed by atoms with E-state index in [0.29, 0.717) is 18.5 Å². The molecule has 0 unspecified atom stereocenters. The van der Waals surface area contributed by atoms with Gasteiger partial charge in [0.2, 0.25) is 5.89 Å². The number of benzene rings is 1. The van der Waals surface area contributed by atoms with E-state index in [9.17, 15) is 0 Å². The number of para-hydroxylation sites is 1. The topological polar surface area (TPSA) is 47.7 Å². The molecule has 3 rings (SSSR count). The summed E-state index contributed by atoms with van der Waals surface area (Å²) in [7, 11) is 1.77. The second kappa shape index (κ2) is 9.19. The molecule has 1 fully saturated rings. The predicted molar refractivity (Wildman–Crippen MR) is 102 cm³/mol. The fourth-order valence-electron chi connectivity index (χ4n) is 3.66. The molecule has 2 heterocycles. The van der Waals surface area contributed by atoms with Crippen molar-refractivity contribution in [3.8, 4) is 17.2 Å². The fourth-order valence-corrected chi connectivity index (χ4v) is 3.66. The van der Waals surface area contributed by atoms with Gasteiger partial charge >= 0.3 is 0 Å². The normalized spacial score (nSPS) is 18.2. The molecule has 5 nitrogen and oxygen atoms in total. The zero-order valence-electron chi connectivity index (χ0n) is 16.2. The molecular formula is C21H30N2O3. The molecule has 0 amide bonds. The Morgan fingerprint density at radius 2 is 2.12 bits per heavy atom. The average molecular weight is 358 g/mol. The summed E-state index contributed by atoms with van der Waals surface area (Å²) >= 11 is 0. The zero-order valence-corrected chi connectivity index (χ0v) is 16.2. The number of ether oxygens (including phenoxy) is 2. The van der Waals surface area contributed by atoms with Gasteiger partial charge in [0.15, 0.2) is 0 Å². The Morgan fingerprint density at radius 3 is 2.92 bits per heavy atom. The van der Waals surface area contributed by atoms with Gasteiger partial charge in [0.25, 0.3) is 0 Å². The second-order valence-electron chi connectivity index (χ2n) is 6.85. The first kappa shape index (κ1) is 18.9.